The summed E-state index contributed by atoms with van der Waals surface area (Å²) in [5.41, 5.74) is -0.506. The van der Waals surface area contributed by atoms with E-state index in [2.05, 4.69) is 25.7 Å². The molecule has 0 bridgehead atoms. The van der Waals surface area contributed by atoms with Gasteiger partial charge in [0.15, 0.2) is 5.69 Å². The molecule has 1 aromatic rings. The van der Waals surface area contributed by atoms with Crippen molar-refractivity contribution >= 4 is 21.9 Å². The third-order valence-electron chi connectivity index (χ3n) is 2.03. The molecule has 0 amide bonds. The summed E-state index contributed by atoms with van der Waals surface area (Å²) in [6.45, 7) is 0. The van der Waals surface area contributed by atoms with Crippen molar-refractivity contribution < 1.29 is 18.3 Å². The van der Waals surface area contributed by atoms with Crippen molar-refractivity contribution in [2.24, 2.45) is 0 Å². The van der Waals surface area contributed by atoms with Crippen LogP contribution in [0, 0.1) is 11.3 Å². The molecule has 17 heavy (non-hydrogen) atoms. The van der Waals surface area contributed by atoms with Crippen LogP contribution in [0.2, 0.25) is 0 Å². The molecule has 0 unspecified atom stereocenters. The molecule has 0 saturated heterocycles. The number of halogens is 3. The van der Waals surface area contributed by atoms with Crippen LogP contribution in [0.5, 0.6) is 0 Å². The van der Waals surface area contributed by atoms with Crippen LogP contribution >= 0.6 is 15.9 Å². The van der Waals surface area contributed by atoms with Crippen molar-refractivity contribution in [2.45, 2.75) is 12.8 Å². The Kier molecular flexibility index (Phi) is 4.52. The molecule has 0 radical (unpaired) electrons. The van der Waals surface area contributed by atoms with Crippen molar-refractivity contribution in [1.82, 2.24) is 4.98 Å². The van der Waals surface area contributed by atoms with Crippen molar-refractivity contribution in [3.05, 3.63) is 27.5 Å². The molecule has 0 saturated carbocycles. The lowest BCUT2D eigenvalue weighted by Gasteiger charge is -2.10. The Morgan fingerprint density at radius 1 is 1.71 bits per heavy atom. The minimum atomic E-state index is -2.81. The predicted octanol–water partition coefficient (Wildman–Crippen LogP) is 2.37. The first kappa shape index (κ1) is 13.5. The zero-order valence-electron chi connectivity index (χ0n) is 8.71. The molecule has 0 spiro atoms. The third kappa shape index (κ3) is 2.97. The maximum Gasteiger partial charge on any atom is 0.310 e. The van der Waals surface area contributed by atoms with Gasteiger partial charge in [-0.25, -0.2) is 13.8 Å². The van der Waals surface area contributed by atoms with Gasteiger partial charge in [-0.1, -0.05) is 0 Å². The Morgan fingerprint density at radius 2 is 2.35 bits per heavy atom. The van der Waals surface area contributed by atoms with Gasteiger partial charge < -0.3 is 4.74 Å². The number of nitriles is 1. The van der Waals surface area contributed by atoms with Crippen LogP contribution in [-0.2, 0) is 16.0 Å². The zero-order chi connectivity index (χ0) is 13.0. The van der Waals surface area contributed by atoms with Gasteiger partial charge >= 0.3 is 5.97 Å². The minimum absolute atomic E-state index is 0.0396. The highest BCUT2D eigenvalue weighted by Crippen LogP contribution is 2.32. The van der Waals surface area contributed by atoms with Gasteiger partial charge in [0.05, 0.1) is 18.0 Å². The number of hydrogen-bond donors (Lipinski definition) is 0. The van der Waals surface area contributed by atoms with Gasteiger partial charge in [-0.3, -0.25) is 4.79 Å². The van der Waals surface area contributed by atoms with E-state index in [4.69, 9.17) is 5.26 Å². The molecule has 1 rings (SSSR count). The molecule has 0 aliphatic rings. The Hall–Kier alpha value is -1.55. The second-order valence-corrected chi connectivity index (χ2v) is 3.82. The first-order valence-electron chi connectivity index (χ1n) is 4.43. The fraction of sp³-hybridized carbons (Fsp3) is 0.300. The smallest absolute Gasteiger partial charge is 0.310 e. The van der Waals surface area contributed by atoms with E-state index in [1.807, 2.05) is 0 Å². The highest BCUT2D eigenvalue weighted by atomic mass is 79.9. The van der Waals surface area contributed by atoms with E-state index in [0.717, 1.165) is 13.3 Å². The monoisotopic (exact) mass is 304 g/mol. The number of carbonyl (C=O) groups is 1. The van der Waals surface area contributed by atoms with Gasteiger partial charge in [0.25, 0.3) is 6.43 Å². The zero-order valence-corrected chi connectivity index (χ0v) is 10.3. The summed E-state index contributed by atoms with van der Waals surface area (Å²) in [6, 6.07) is 1.68. The number of methoxy groups -OCH3 is 1. The van der Waals surface area contributed by atoms with E-state index >= 15 is 0 Å². The van der Waals surface area contributed by atoms with Crippen molar-refractivity contribution in [2.75, 3.05) is 7.11 Å². The molecule has 7 heteroatoms. The lowest BCUT2D eigenvalue weighted by Crippen LogP contribution is -2.09. The van der Waals surface area contributed by atoms with E-state index < -0.39 is 18.0 Å². The lowest BCUT2D eigenvalue weighted by atomic mass is 10.1. The van der Waals surface area contributed by atoms with Crippen LogP contribution in [0.3, 0.4) is 0 Å². The van der Waals surface area contributed by atoms with Crippen molar-refractivity contribution in [3.8, 4) is 6.07 Å². The third-order valence-corrected chi connectivity index (χ3v) is 2.83. The van der Waals surface area contributed by atoms with E-state index in [0.29, 0.717) is 0 Å². The molecule has 0 fully saturated rings. The second-order valence-electron chi connectivity index (χ2n) is 3.03. The molecule has 0 aliphatic heterocycles. The Balaban J connectivity index is 3.27. The van der Waals surface area contributed by atoms with Gasteiger partial charge in [0.2, 0.25) is 0 Å². The topological polar surface area (TPSA) is 63.0 Å². The number of hydrogen-bond acceptors (Lipinski definition) is 4. The van der Waals surface area contributed by atoms with E-state index in [9.17, 15) is 13.6 Å². The number of esters is 1. The van der Waals surface area contributed by atoms with Crippen LogP contribution < -0.4 is 0 Å². The molecule has 4 nitrogen and oxygen atoms in total. The van der Waals surface area contributed by atoms with Crippen LogP contribution in [0.1, 0.15) is 23.2 Å². The maximum absolute atomic E-state index is 12.8. The Labute approximate surface area is 104 Å². The highest BCUT2D eigenvalue weighted by molar-refractivity contribution is 9.10. The van der Waals surface area contributed by atoms with Gasteiger partial charge in [-0.05, 0) is 21.5 Å². The van der Waals surface area contributed by atoms with E-state index in [1.165, 1.54) is 0 Å². The van der Waals surface area contributed by atoms with Crippen LogP contribution in [0.15, 0.2) is 10.7 Å². The summed E-state index contributed by atoms with van der Waals surface area (Å²) < 4.78 is 30.0. The van der Waals surface area contributed by atoms with Crippen LogP contribution in [0.4, 0.5) is 8.78 Å². The predicted molar refractivity (Wildman–Crippen MR) is 57.3 cm³/mol. The van der Waals surface area contributed by atoms with Crippen molar-refractivity contribution in [3.63, 3.8) is 0 Å². The molecule has 1 heterocycles. The number of ether oxygens (including phenoxy) is 1. The standard InChI is InChI=1S/C10H7BrF2N2O2/c1-17-7(16)2-5-4-15-6(3-14)9(11)8(5)10(12)13/h4,10H,2H2,1H3. The maximum atomic E-state index is 12.8. The van der Waals surface area contributed by atoms with E-state index in [1.54, 1.807) is 6.07 Å². The minimum Gasteiger partial charge on any atom is -0.469 e. The summed E-state index contributed by atoms with van der Waals surface area (Å²) >= 11 is 2.89. The normalized spacial score (nSPS) is 10.1. The van der Waals surface area contributed by atoms with Gasteiger partial charge in [0, 0.05) is 11.8 Å². The van der Waals surface area contributed by atoms with E-state index in [-0.39, 0.29) is 22.2 Å². The molecular formula is C10H7BrF2N2O2. The molecule has 90 valence electrons. The fourth-order valence-corrected chi connectivity index (χ4v) is 1.84. The van der Waals surface area contributed by atoms with Crippen LogP contribution in [0.25, 0.3) is 0 Å². The second kappa shape index (κ2) is 5.68. The lowest BCUT2D eigenvalue weighted by molar-refractivity contribution is -0.139. The van der Waals surface area contributed by atoms with Crippen LogP contribution in [-0.4, -0.2) is 18.1 Å². The summed E-state index contributed by atoms with van der Waals surface area (Å²) in [5, 5.41) is 8.66. The molecule has 0 atom stereocenters. The SMILES string of the molecule is COC(=O)Cc1cnc(C#N)c(Br)c1C(F)F. The summed E-state index contributed by atoms with van der Waals surface area (Å²) in [5.74, 6) is -0.648. The highest BCUT2D eigenvalue weighted by Gasteiger charge is 2.22. The molecule has 0 aliphatic carbocycles. The average molecular weight is 305 g/mol. The largest absolute Gasteiger partial charge is 0.469 e. The molecule has 0 aromatic carbocycles. The quantitative estimate of drug-likeness (QED) is 0.804. The number of rotatable bonds is 3. The number of nitrogens with zero attached hydrogens (tertiary/aromatic N) is 2. The first-order chi connectivity index (χ1) is 8.01. The summed E-state index contributed by atoms with van der Waals surface area (Å²) in [4.78, 5) is 14.7. The first-order valence-corrected chi connectivity index (χ1v) is 5.22. The molecule has 1 aromatic heterocycles. The van der Waals surface area contributed by atoms with Gasteiger partial charge in [0.1, 0.15) is 6.07 Å². The average Bonchev–Trinajstić information content (AvgIpc) is 2.28. The number of alkyl halides is 2. The fourth-order valence-electron chi connectivity index (χ4n) is 1.22. The van der Waals surface area contributed by atoms with Crippen molar-refractivity contribution in [1.29, 1.82) is 5.26 Å². The Bertz CT molecular complexity index is 486. The van der Waals surface area contributed by atoms with Gasteiger partial charge in [-0.2, -0.15) is 5.26 Å². The number of carbonyl (C=O) groups excluding carboxylic acids is 1. The number of pyridine rings is 1. The summed E-state index contributed by atoms with van der Waals surface area (Å²) in [6.07, 6.45) is -2.03. The number of aromatic nitrogens is 1. The van der Waals surface area contributed by atoms with Gasteiger partial charge in [-0.15, -0.1) is 0 Å². The molecular weight excluding hydrogens is 298 g/mol. The summed E-state index contributed by atoms with van der Waals surface area (Å²) in [7, 11) is 1.16. The Morgan fingerprint density at radius 3 is 2.82 bits per heavy atom. The molecule has 0 N–H and O–H groups in total.